The van der Waals surface area contributed by atoms with Gasteiger partial charge in [0.15, 0.2) is 0 Å². The van der Waals surface area contributed by atoms with E-state index in [9.17, 15) is 9.59 Å². The van der Waals surface area contributed by atoms with Gasteiger partial charge >= 0.3 is 0 Å². The quantitative estimate of drug-likeness (QED) is 0.495. The summed E-state index contributed by atoms with van der Waals surface area (Å²) in [4.78, 5) is 21.8. The highest BCUT2D eigenvalue weighted by Crippen LogP contribution is 2.01. The molecule has 16 heavy (non-hydrogen) atoms. The molecular formula is C11H23N3O2. The lowest BCUT2D eigenvalue weighted by Gasteiger charge is -2.10. The van der Waals surface area contributed by atoms with Gasteiger partial charge in [-0.1, -0.05) is 32.6 Å². The van der Waals surface area contributed by atoms with Gasteiger partial charge in [-0.15, -0.1) is 0 Å². The normalized spacial score (nSPS) is 12.1. The van der Waals surface area contributed by atoms with E-state index in [1.54, 1.807) is 0 Å². The second-order valence-corrected chi connectivity index (χ2v) is 3.98. The van der Waals surface area contributed by atoms with E-state index in [1.165, 1.54) is 19.3 Å². The average molecular weight is 229 g/mol. The van der Waals surface area contributed by atoms with Crippen LogP contribution in [0.5, 0.6) is 0 Å². The maximum absolute atomic E-state index is 11.3. The van der Waals surface area contributed by atoms with E-state index in [0.717, 1.165) is 12.8 Å². The lowest BCUT2D eigenvalue weighted by molar-refractivity contribution is -0.126. The van der Waals surface area contributed by atoms with Crippen LogP contribution in [0.2, 0.25) is 0 Å². The van der Waals surface area contributed by atoms with Gasteiger partial charge in [0.1, 0.15) is 0 Å². The molecule has 0 saturated heterocycles. The zero-order chi connectivity index (χ0) is 12.4. The molecule has 0 heterocycles. The Morgan fingerprint density at radius 3 is 2.38 bits per heavy atom. The summed E-state index contributed by atoms with van der Waals surface area (Å²) < 4.78 is 0. The second-order valence-electron chi connectivity index (χ2n) is 3.98. The Bertz CT molecular complexity index is 219. The van der Waals surface area contributed by atoms with Crippen molar-refractivity contribution < 1.29 is 9.59 Å². The highest BCUT2D eigenvalue weighted by atomic mass is 16.2. The molecule has 0 unspecified atom stereocenters. The number of nitrogens with two attached hydrogens (primary N) is 2. The maximum Gasteiger partial charge on any atom is 0.237 e. The first-order chi connectivity index (χ1) is 7.57. The van der Waals surface area contributed by atoms with Crippen molar-refractivity contribution >= 4 is 11.8 Å². The maximum atomic E-state index is 11.3. The van der Waals surface area contributed by atoms with E-state index in [0.29, 0.717) is 6.54 Å². The van der Waals surface area contributed by atoms with Crippen LogP contribution in [-0.2, 0) is 9.59 Å². The number of primary amides is 1. The highest BCUT2D eigenvalue weighted by molar-refractivity contribution is 5.87. The summed E-state index contributed by atoms with van der Waals surface area (Å²) in [5.74, 6) is -0.847. The molecule has 0 rings (SSSR count). The third-order valence-corrected chi connectivity index (χ3v) is 2.34. The van der Waals surface area contributed by atoms with Crippen molar-refractivity contribution in [2.75, 3.05) is 6.54 Å². The topological polar surface area (TPSA) is 98.2 Å². The molecule has 0 aliphatic carbocycles. The van der Waals surface area contributed by atoms with Gasteiger partial charge in [0, 0.05) is 6.54 Å². The minimum absolute atomic E-state index is 0.0956. The van der Waals surface area contributed by atoms with Crippen LogP contribution in [0.1, 0.15) is 45.4 Å². The van der Waals surface area contributed by atoms with Crippen molar-refractivity contribution in [2.45, 2.75) is 51.5 Å². The Balaban J connectivity index is 3.46. The van der Waals surface area contributed by atoms with E-state index < -0.39 is 11.9 Å². The third-order valence-electron chi connectivity index (χ3n) is 2.34. The van der Waals surface area contributed by atoms with Crippen molar-refractivity contribution in [1.82, 2.24) is 5.32 Å². The molecule has 1 atom stereocenters. The van der Waals surface area contributed by atoms with Crippen LogP contribution < -0.4 is 16.8 Å². The molecule has 0 aliphatic heterocycles. The first kappa shape index (κ1) is 14.9. The molecule has 0 saturated carbocycles. The molecular weight excluding hydrogens is 206 g/mol. The minimum Gasteiger partial charge on any atom is -0.370 e. The number of amides is 2. The summed E-state index contributed by atoms with van der Waals surface area (Å²) in [6.45, 7) is 2.78. The standard InChI is InChI=1S/C11H23N3O2/c1-2-3-4-5-6-7-14-11(16)9(12)8-10(13)15/h9H,2-8,12H2,1H3,(H2,13,15)(H,14,16)/t9-/m0/s1. The van der Waals surface area contributed by atoms with Gasteiger partial charge in [-0.05, 0) is 6.42 Å². The predicted molar refractivity (Wildman–Crippen MR) is 63.6 cm³/mol. The third kappa shape index (κ3) is 8.23. The van der Waals surface area contributed by atoms with Gasteiger partial charge < -0.3 is 16.8 Å². The van der Waals surface area contributed by atoms with Crippen LogP contribution in [-0.4, -0.2) is 24.4 Å². The zero-order valence-electron chi connectivity index (χ0n) is 10.00. The van der Waals surface area contributed by atoms with Gasteiger partial charge in [-0.2, -0.15) is 0 Å². The number of nitrogens with one attached hydrogen (secondary N) is 1. The zero-order valence-corrected chi connectivity index (χ0v) is 10.00. The van der Waals surface area contributed by atoms with Crippen molar-refractivity contribution in [2.24, 2.45) is 11.5 Å². The van der Waals surface area contributed by atoms with Gasteiger partial charge in [-0.3, -0.25) is 9.59 Å². The van der Waals surface area contributed by atoms with E-state index in [4.69, 9.17) is 11.5 Å². The fourth-order valence-electron chi connectivity index (χ4n) is 1.38. The molecule has 0 aromatic heterocycles. The molecule has 0 fully saturated rings. The minimum atomic E-state index is -0.812. The van der Waals surface area contributed by atoms with Crippen LogP contribution >= 0.6 is 0 Å². The largest absolute Gasteiger partial charge is 0.370 e. The van der Waals surface area contributed by atoms with Gasteiger partial charge in [0.05, 0.1) is 12.5 Å². The molecule has 94 valence electrons. The average Bonchev–Trinajstić information content (AvgIpc) is 2.21. The Kier molecular flexibility index (Phi) is 8.52. The highest BCUT2D eigenvalue weighted by Gasteiger charge is 2.14. The molecule has 0 bridgehead atoms. The van der Waals surface area contributed by atoms with Crippen LogP contribution in [0.15, 0.2) is 0 Å². The van der Waals surface area contributed by atoms with E-state index in [2.05, 4.69) is 12.2 Å². The molecule has 0 aliphatic rings. The number of carbonyl (C=O) groups is 2. The molecule has 5 heteroatoms. The van der Waals surface area contributed by atoms with Crippen LogP contribution in [0, 0.1) is 0 Å². The van der Waals surface area contributed by atoms with Gasteiger partial charge in [0.25, 0.3) is 0 Å². The number of hydrogen-bond acceptors (Lipinski definition) is 3. The Morgan fingerprint density at radius 1 is 1.19 bits per heavy atom. The number of rotatable bonds is 9. The second kappa shape index (κ2) is 9.15. The van der Waals surface area contributed by atoms with Gasteiger partial charge in [-0.25, -0.2) is 0 Å². The Hall–Kier alpha value is -1.10. The number of unbranched alkanes of at least 4 members (excludes halogenated alkanes) is 4. The molecule has 0 spiro atoms. The van der Waals surface area contributed by atoms with Crippen molar-refractivity contribution in [1.29, 1.82) is 0 Å². The van der Waals surface area contributed by atoms with Crippen molar-refractivity contribution in [3.05, 3.63) is 0 Å². The van der Waals surface area contributed by atoms with E-state index >= 15 is 0 Å². The molecule has 0 aromatic carbocycles. The van der Waals surface area contributed by atoms with Crippen LogP contribution in [0.4, 0.5) is 0 Å². The fraction of sp³-hybridized carbons (Fsp3) is 0.818. The van der Waals surface area contributed by atoms with Crippen LogP contribution in [0.3, 0.4) is 0 Å². The summed E-state index contributed by atoms with van der Waals surface area (Å²) in [5.41, 5.74) is 10.4. The summed E-state index contributed by atoms with van der Waals surface area (Å²) in [7, 11) is 0. The lowest BCUT2D eigenvalue weighted by atomic mass is 10.1. The number of carbonyl (C=O) groups excluding carboxylic acids is 2. The Morgan fingerprint density at radius 2 is 1.81 bits per heavy atom. The smallest absolute Gasteiger partial charge is 0.237 e. The summed E-state index contributed by atoms with van der Waals surface area (Å²) in [6.07, 6.45) is 5.60. The summed E-state index contributed by atoms with van der Waals surface area (Å²) in [5, 5.41) is 2.69. The van der Waals surface area contributed by atoms with Gasteiger partial charge in [0.2, 0.25) is 11.8 Å². The van der Waals surface area contributed by atoms with E-state index in [1.807, 2.05) is 0 Å². The van der Waals surface area contributed by atoms with E-state index in [-0.39, 0.29) is 12.3 Å². The van der Waals surface area contributed by atoms with Crippen molar-refractivity contribution in [3.63, 3.8) is 0 Å². The molecule has 5 N–H and O–H groups in total. The molecule has 0 aromatic rings. The number of hydrogen-bond donors (Lipinski definition) is 3. The van der Waals surface area contributed by atoms with Crippen molar-refractivity contribution in [3.8, 4) is 0 Å². The first-order valence-electron chi connectivity index (χ1n) is 5.89. The molecule has 0 radical (unpaired) electrons. The molecule has 2 amide bonds. The summed E-state index contributed by atoms with van der Waals surface area (Å²) in [6, 6.07) is -0.812. The molecule has 5 nitrogen and oxygen atoms in total. The van der Waals surface area contributed by atoms with Crippen LogP contribution in [0.25, 0.3) is 0 Å². The first-order valence-corrected chi connectivity index (χ1v) is 5.89. The fourth-order valence-corrected chi connectivity index (χ4v) is 1.38. The summed E-state index contributed by atoms with van der Waals surface area (Å²) >= 11 is 0. The lowest BCUT2D eigenvalue weighted by Crippen LogP contribution is -2.43. The SMILES string of the molecule is CCCCCCCNC(=O)[C@@H](N)CC(N)=O. The predicted octanol–water partition coefficient (Wildman–Crippen LogP) is 0.276. The monoisotopic (exact) mass is 229 g/mol. The Labute approximate surface area is 96.9 Å².